The Morgan fingerprint density at radius 1 is 1.20 bits per heavy atom. The van der Waals surface area contributed by atoms with Crippen LogP contribution in [0.3, 0.4) is 0 Å². The Hall–Kier alpha value is -1.29. The van der Waals surface area contributed by atoms with E-state index < -0.39 is 15.5 Å². The number of rotatable bonds is 11. The molecule has 5 nitrogen and oxygen atoms in total. The van der Waals surface area contributed by atoms with E-state index in [1.165, 1.54) is 0 Å². The third-order valence-electron chi connectivity index (χ3n) is 4.42. The summed E-state index contributed by atoms with van der Waals surface area (Å²) in [6, 6.07) is 11.3. The molecule has 0 aliphatic heterocycles. The Balaban J connectivity index is 2.06. The molecule has 0 aliphatic rings. The number of aryl methyl sites for hydroxylation is 2. The van der Waals surface area contributed by atoms with Crippen molar-refractivity contribution in [3.05, 3.63) is 52.0 Å². The van der Waals surface area contributed by atoms with Gasteiger partial charge in [-0.2, -0.15) is 0 Å². The van der Waals surface area contributed by atoms with Crippen LogP contribution in [0.1, 0.15) is 24.5 Å². The first-order valence-electron chi connectivity index (χ1n) is 9.56. The molecule has 0 bridgehead atoms. The molecule has 1 unspecified atom stereocenters. The molecule has 0 saturated heterocycles. The minimum atomic E-state index is -2.82. The summed E-state index contributed by atoms with van der Waals surface area (Å²) in [4.78, 5) is 12.4. The van der Waals surface area contributed by atoms with Crippen LogP contribution >= 0.6 is 27.7 Å². The van der Waals surface area contributed by atoms with Crippen molar-refractivity contribution in [2.24, 2.45) is 0 Å². The summed E-state index contributed by atoms with van der Waals surface area (Å²) >= 11 is 5.08. The molecule has 0 aromatic heterocycles. The van der Waals surface area contributed by atoms with E-state index in [0.29, 0.717) is 23.7 Å². The molecule has 2 aromatic carbocycles. The number of aliphatic carboxylic acids is 1. The minimum absolute atomic E-state index is 0.361. The Kier molecular flexibility index (Phi) is 9.46. The van der Waals surface area contributed by atoms with Crippen molar-refractivity contribution in [2.75, 3.05) is 25.4 Å². The summed E-state index contributed by atoms with van der Waals surface area (Å²) < 4.78 is 21.6. The molecule has 0 aliphatic carbocycles. The van der Waals surface area contributed by atoms with Crippen LogP contribution in [0.5, 0.6) is 5.75 Å². The third-order valence-corrected chi connectivity index (χ3v) is 8.10. The quantitative estimate of drug-likeness (QED) is 0.351. The van der Waals surface area contributed by atoms with Crippen LogP contribution in [-0.2, 0) is 14.3 Å². The Morgan fingerprint density at radius 3 is 2.53 bits per heavy atom. The zero-order valence-corrected chi connectivity index (χ0v) is 20.6. The normalized spacial score (nSPS) is 13.2. The summed E-state index contributed by atoms with van der Waals surface area (Å²) in [7, 11) is -2.82. The van der Waals surface area contributed by atoms with Crippen LogP contribution in [0, 0.1) is 13.8 Å². The van der Waals surface area contributed by atoms with Gasteiger partial charge in [0.25, 0.3) is 0 Å². The fourth-order valence-electron chi connectivity index (χ4n) is 2.99. The number of hydrogen-bond acceptors (Lipinski definition) is 4. The average Bonchev–Trinajstić information content (AvgIpc) is 2.66. The molecular weight excluding hydrogens is 485 g/mol. The second-order valence-corrected chi connectivity index (χ2v) is 11.0. The molecule has 0 amide bonds. The van der Waals surface area contributed by atoms with Gasteiger partial charge in [-0.1, -0.05) is 0 Å². The summed E-state index contributed by atoms with van der Waals surface area (Å²) in [6.07, 6.45) is 0.850. The summed E-state index contributed by atoms with van der Waals surface area (Å²) in [5.74, 6) is 0.277. The van der Waals surface area contributed by atoms with E-state index in [0.717, 1.165) is 32.7 Å². The van der Waals surface area contributed by atoms with E-state index >= 15 is 0 Å². The fourth-order valence-corrected chi connectivity index (χ4v) is 6.43. The van der Waals surface area contributed by atoms with Gasteiger partial charge in [-0.15, -0.1) is 0 Å². The molecule has 0 saturated carbocycles. The molecule has 30 heavy (non-hydrogen) atoms. The molecule has 161 valence electrons. The first kappa shape index (κ1) is 25.0. The van der Waals surface area contributed by atoms with Crippen molar-refractivity contribution in [2.45, 2.75) is 37.0 Å². The van der Waals surface area contributed by atoms with E-state index in [2.05, 4.69) is 15.9 Å². The average molecular weight is 511 g/mol. The molecule has 0 heterocycles. The van der Waals surface area contributed by atoms with Crippen molar-refractivity contribution in [3.63, 3.8) is 0 Å². The Labute approximate surface area is 192 Å². The van der Waals surface area contributed by atoms with Gasteiger partial charge in [0.1, 0.15) is 0 Å². The third kappa shape index (κ3) is 6.87. The number of carboxylic acid groups (broad SMARTS) is 1. The van der Waals surface area contributed by atoms with Gasteiger partial charge in [0.2, 0.25) is 0 Å². The van der Waals surface area contributed by atoms with Crippen molar-refractivity contribution >= 4 is 49.9 Å². The number of halogens is 1. The van der Waals surface area contributed by atoms with E-state index in [-0.39, 0.29) is 6.61 Å². The molecule has 1 N–H and O–H groups in total. The second kappa shape index (κ2) is 11.4. The number of nitrogens with zero attached hydrogens (tertiary/aromatic N) is 1. The zero-order chi connectivity index (χ0) is 22.3. The number of hydrogen-bond donors (Lipinski definition) is 1. The van der Waals surface area contributed by atoms with Crippen LogP contribution in [0.15, 0.2) is 50.7 Å². The summed E-state index contributed by atoms with van der Waals surface area (Å²) in [5, 5.41) is 8.74. The predicted molar refractivity (Wildman–Crippen MR) is 128 cm³/mol. The van der Waals surface area contributed by atoms with E-state index in [1.54, 1.807) is 17.8 Å². The van der Waals surface area contributed by atoms with Gasteiger partial charge in [0, 0.05) is 0 Å². The molecule has 2 rings (SSSR count). The SMILES string of the molecule is [B]=S(=O)(c1ccc(Br)cc1C)N(CCC)CCSc1ccc(OCC(=O)O)c(C)c1. The van der Waals surface area contributed by atoms with E-state index in [9.17, 15) is 9.00 Å². The Bertz CT molecular complexity index is 998. The predicted octanol–water partition coefficient (Wildman–Crippen LogP) is 4.68. The van der Waals surface area contributed by atoms with Gasteiger partial charge in [-0.25, -0.2) is 4.79 Å². The van der Waals surface area contributed by atoms with Gasteiger partial charge in [-0.3, -0.25) is 0 Å². The molecule has 9 heteroatoms. The van der Waals surface area contributed by atoms with Crippen LogP contribution in [0.2, 0.25) is 0 Å². The van der Waals surface area contributed by atoms with Gasteiger partial charge < -0.3 is 5.11 Å². The van der Waals surface area contributed by atoms with Crippen LogP contribution in [0.4, 0.5) is 0 Å². The summed E-state index contributed by atoms with van der Waals surface area (Å²) in [5.41, 5.74) is 1.78. The molecular formula is C21H26BBrNO4S2. The monoisotopic (exact) mass is 510 g/mol. The van der Waals surface area contributed by atoms with E-state index in [1.807, 2.05) is 55.4 Å². The topological polar surface area (TPSA) is 66.8 Å². The number of carboxylic acids is 1. The van der Waals surface area contributed by atoms with E-state index in [4.69, 9.17) is 16.6 Å². The molecule has 1 atom stereocenters. The van der Waals surface area contributed by atoms with Crippen LogP contribution in [0.25, 0.3) is 0 Å². The van der Waals surface area contributed by atoms with Crippen molar-refractivity contribution in [3.8, 4) is 5.75 Å². The molecule has 2 aromatic rings. The van der Waals surface area contributed by atoms with Gasteiger partial charge in [0.05, 0.1) is 0 Å². The van der Waals surface area contributed by atoms with Gasteiger partial charge in [-0.05, 0) is 0 Å². The zero-order valence-electron chi connectivity index (χ0n) is 17.4. The van der Waals surface area contributed by atoms with Crippen LogP contribution < -0.4 is 4.74 Å². The molecule has 0 spiro atoms. The Morgan fingerprint density at radius 2 is 1.93 bits per heavy atom. The summed E-state index contributed by atoms with van der Waals surface area (Å²) in [6.45, 7) is 13.1. The number of ether oxygens (including phenoxy) is 1. The van der Waals surface area contributed by atoms with Crippen molar-refractivity contribution in [1.82, 2.24) is 4.31 Å². The second-order valence-electron chi connectivity index (χ2n) is 6.87. The maximum atomic E-state index is 13.5. The molecule has 0 fully saturated rings. The van der Waals surface area contributed by atoms with Gasteiger partial charge in [0.15, 0.2) is 0 Å². The van der Waals surface area contributed by atoms with Crippen LogP contribution in [-0.4, -0.2) is 51.8 Å². The van der Waals surface area contributed by atoms with Crippen molar-refractivity contribution < 1.29 is 18.8 Å². The first-order chi connectivity index (χ1) is 14.1. The number of carbonyl (C=O) groups is 1. The number of benzene rings is 2. The first-order valence-corrected chi connectivity index (χ1v) is 12.9. The van der Waals surface area contributed by atoms with Crippen molar-refractivity contribution in [1.29, 1.82) is 0 Å². The molecule has 1 radical (unpaired) electrons. The standard InChI is InChI=1S/C21H26BBrNO4S2/c1-4-9-24(30(22,27)20-8-5-17(23)12-16(20)3)10-11-29-18-6-7-19(15(2)13-18)28-14-21(25)26/h5-8,12-13H,4,9-11,14H2,1-3H3,(H,25,26). The number of thioether (sulfide) groups is 1. The maximum absolute atomic E-state index is 13.5. The van der Waals surface area contributed by atoms with Gasteiger partial charge >= 0.3 is 183 Å². The fraction of sp³-hybridized carbons (Fsp3) is 0.381.